The molecule has 0 aromatic carbocycles. The van der Waals surface area contributed by atoms with E-state index in [-0.39, 0.29) is 6.10 Å². The van der Waals surface area contributed by atoms with E-state index in [1.54, 1.807) is 0 Å². The molecule has 1 fully saturated rings. The summed E-state index contributed by atoms with van der Waals surface area (Å²) in [5, 5.41) is 19.6. The van der Waals surface area contributed by atoms with Gasteiger partial charge in [-0.3, -0.25) is 4.79 Å². The quantitative estimate of drug-likeness (QED) is 0.614. The molecule has 0 radical (unpaired) electrons. The Balaban J connectivity index is 2.45. The number of hydrogen-bond acceptors (Lipinski definition) is 4. The summed E-state index contributed by atoms with van der Waals surface area (Å²) in [6.45, 7) is 1.02. The number of rotatable bonds is 6. The first-order valence-electron chi connectivity index (χ1n) is 5.98. The number of amides is 2. The summed E-state index contributed by atoms with van der Waals surface area (Å²) in [6.07, 6.45) is 1.10. The van der Waals surface area contributed by atoms with Crippen molar-refractivity contribution in [1.29, 1.82) is 0 Å². The summed E-state index contributed by atoms with van der Waals surface area (Å²) in [7, 11) is 1.51. The van der Waals surface area contributed by atoms with Gasteiger partial charge in [-0.1, -0.05) is 0 Å². The van der Waals surface area contributed by atoms with E-state index in [0.29, 0.717) is 13.2 Å². The molecule has 1 saturated heterocycles. The lowest BCUT2D eigenvalue weighted by Crippen LogP contribution is -2.49. The molecule has 0 saturated carbocycles. The molecule has 2 atom stereocenters. The van der Waals surface area contributed by atoms with E-state index in [1.807, 2.05) is 0 Å². The Morgan fingerprint density at radius 1 is 1.42 bits per heavy atom. The lowest BCUT2D eigenvalue weighted by molar-refractivity contribution is -0.145. The SMILES string of the molecule is CN(CC1CCCO1)C(=O)N[C@H](CC(=O)O)C(=O)O. The van der Waals surface area contributed by atoms with Gasteiger partial charge in [0.15, 0.2) is 0 Å². The number of carboxylic acid groups (broad SMARTS) is 2. The van der Waals surface area contributed by atoms with Gasteiger partial charge in [-0.15, -0.1) is 0 Å². The summed E-state index contributed by atoms with van der Waals surface area (Å²) >= 11 is 0. The number of aliphatic carboxylic acids is 2. The van der Waals surface area contributed by atoms with Crippen molar-refractivity contribution >= 4 is 18.0 Å². The first-order valence-corrected chi connectivity index (χ1v) is 5.98. The highest BCUT2D eigenvalue weighted by Gasteiger charge is 2.26. The molecule has 1 heterocycles. The van der Waals surface area contributed by atoms with E-state index in [2.05, 4.69) is 5.32 Å². The largest absolute Gasteiger partial charge is 0.481 e. The van der Waals surface area contributed by atoms with Gasteiger partial charge in [-0.25, -0.2) is 9.59 Å². The number of likely N-dealkylation sites (N-methyl/N-ethyl adjacent to an activating group) is 1. The van der Waals surface area contributed by atoms with Crippen LogP contribution in [0.3, 0.4) is 0 Å². The monoisotopic (exact) mass is 274 g/mol. The van der Waals surface area contributed by atoms with Crippen LogP contribution in [0, 0.1) is 0 Å². The Hall–Kier alpha value is -1.83. The van der Waals surface area contributed by atoms with Crippen molar-refractivity contribution in [2.45, 2.75) is 31.4 Å². The molecule has 0 bridgehead atoms. The molecule has 108 valence electrons. The molecule has 0 aromatic rings. The second kappa shape index (κ2) is 6.93. The molecular weight excluding hydrogens is 256 g/mol. The van der Waals surface area contributed by atoms with Crippen LogP contribution >= 0.6 is 0 Å². The third kappa shape index (κ3) is 5.12. The predicted molar refractivity (Wildman–Crippen MR) is 63.8 cm³/mol. The molecule has 3 N–H and O–H groups in total. The normalized spacial score (nSPS) is 19.7. The maximum absolute atomic E-state index is 11.7. The Morgan fingerprint density at radius 3 is 2.58 bits per heavy atom. The first kappa shape index (κ1) is 15.2. The number of carboxylic acids is 2. The van der Waals surface area contributed by atoms with Gasteiger partial charge in [0.05, 0.1) is 12.5 Å². The van der Waals surface area contributed by atoms with Crippen molar-refractivity contribution in [3.05, 3.63) is 0 Å². The smallest absolute Gasteiger partial charge is 0.326 e. The number of hydrogen-bond donors (Lipinski definition) is 3. The Morgan fingerprint density at radius 2 is 2.11 bits per heavy atom. The van der Waals surface area contributed by atoms with E-state index in [1.165, 1.54) is 11.9 Å². The third-order valence-corrected chi connectivity index (χ3v) is 2.82. The Bertz CT molecular complexity index is 353. The number of carbonyl (C=O) groups excluding carboxylic acids is 1. The molecule has 0 aromatic heterocycles. The summed E-state index contributed by atoms with van der Waals surface area (Å²) in [6, 6.07) is -2.05. The second-order valence-electron chi connectivity index (χ2n) is 4.45. The number of ether oxygens (including phenoxy) is 1. The second-order valence-corrected chi connectivity index (χ2v) is 4.45. The summed E-state index contributed by atoms with van der Waals surface area (Å²) < 4.78 is 5.36. The van der Waals surface area contributed by atoms with Crippen LogP contribution in [0.5, 0.6) is 0 Å². The zero-order valence-corrected chi connectivity index (χ0v) is 10.7. The zero-order valence-electron chi connectivity index (χ0n) is 10.7. The predicted octanol–water partition coefficient (Wildman–Crippen LogP) is -0.265. The lowest BCUT2D eigenvalue weighted by Gasteiger charge is -2.23. The van der Waals surface area contributed by atoms with Gasteiger partial charge in [0.1, 0.15) is 6.04 Å². The van der Waals surface area contributed by atoms with E-state index in [9.17, 15) is 14.4 Å². The van der Waals surface area contributed by atoms with E-state index in [0.717, 1.165) is 12.8 Å². The van der Waals surface area contributed by atoms with Crippen molar-refractivity contribution in [2.75, 3.05) is 20.2 Å². The van der Waals surface area contributed by atoms with Crippen molar-refractivity contribution in [2.24, 2.45) is 0 Å². The third-order valence-electron chi connectivity index (χ3n) is 2.82. The van der Waals surface area contributed by atoms with Crippen LogP contribution in [0.15, 0.2) is 0 Å². The lowest BCUT2D eigenvalue weighted by atomic mass is 10.2. The van der Waals surface area contributed by atoms with Crippen molar-refractivity contribution in [3.63, 3.8) is 0 Å². The maximum atomic E-state index is 11.7. The average molecular weight is 274 g/mol. The molecule has 0 spiro atoms. The number of nitrogens with one attached hydrogen (secondary N) is 1. The fraction of sp³-hybridized carbons (Fsp3) is 0.727. The molecule has 1 aliphatic rings. The number of carbonyl (C=O) groups is 3. The highest BCUT2D eigenvalue weighted by atomic mass is 16.5. The molecule has 2 amide bonds. The van der Waals surface area contributed by atoms with E-state index in [4.69, 9.17) is 14.9 Å². The van der Waals surface area contributed by atoms with Gasteiger partial charge in [0.2, 0.25) is 0 Å². The minimum absolute atomic E-state index is 0.0431. The summed E-state index contributed by atoms with van der Waals surface area (Å²) in [5.74, 6) is -2.66. The van der Waals surface area contributed by atoms with Crippen LogP contribution in [0.4, 0.5) is 4.79 Å². The van der Waals surface area contributed by atoms with Crippen LogP contribution in [0.2, 0.25) is 0 Å². The number of nitrogens with zero attached hydrogens (tertiary/aromatic N) is 1. The Kier molecular flexibility index (Phi) is 5.56. The van der Waals surface area contributed by atoms with Gasteiger partial charge < -0.3 is 25.2 Å². The van der Waals surface area contributed by atoms with Crippen LogP contribution in [0.1, 0.15) is 19.3 Å². The average Bonchev–Trinajstić information content (AvgIpc) is 2.79. The highest BCUT2D eigenvalue weighted by Crippen LogP contribution is 2.12. The molecule has 1 rings (SSSR count). The highest BCUT2D eigenvalue weighted by molar-refractivity contribution is 5.86. The van der Waals surface area contributed by atoms with Crippen molar-refractivity contribution < 1.29 is 29.3 Å². The molecule has 1 unspecified atom stereocenters. The van der Waals surface area contributed by atoms with Gasteiger partial charge in [-0.05, 0) is 12.8 Å². The van der Waals surface area contributed by atoms with Gasteiger partial charge >= 0.3 is 18.0 Å². The van der Waals surface area contributed by atoms with Crippen molar-refractivity contribution in [3.8, 4) is 0 Å². The Labute approximate surface area is 110 Å². The maximum Gasteiger partial charge on any atom is 0.326 e. The van der Waals surface area contributed by atoms with Crippen molar-refractivity contribution in [1.82, 2.24) is 10.2 Å². The van der Waals surface area contributed by atoms with Gasteiger partial charge in [0, 0.05) is 20.2 Å². The number of urea groups is 1. The minimum Gasteiger partial charge on any atom is -0.481 e. The molecule has 8 heteroatoms. The molecule has 8 nitrogen and oxygen atoms in total. The summed E-state index contributed by atoms with van der Waals surface area (Å²) in [5.41, 5.74) is 0. The molecule has 0 aliphatic carbocycles. The van der Waals surface area contributed by atoms with Crippen LogP contribution in [0.25, 0.3) is 0 Å². The van der Waals surface area contributed by atoms with Crippen LogP contribution < -0.4 is 5.32 Å². The van der Waals surface area contributed by atoms with E-state index < -0.39 is 30.4 Å². The molecule has 1 aliphatic heterocycles. The van der Waals surface area contributed by atoms with Crippen LogP contribution in [-0.2, 0) is 14.3 Å². The topological polar surface area (TPSA) is 116 Å². The van der Waals surface area contributed by atoms with E-state index >= 15 is 0 Å². The standard InChI is InChI=1S/C11H18N2O6/c1-13(6-7-3-2-4-19-7)11(18)12-8(10(16)17)5-9(14)15/h7-8H,2-6H2,1H3,(H,12,18)(H,14,15)(H,16,17)/t7?,8-/m1/s1. The molecular formula is C11H18N2O6. The minimum atomic E-state index is -1.43. The van der Waals surface area contributed by atoms with Crippen LogP contribution in [-0.4, -0.2) is 65.4 Å². The summed E-state index contributed by atoms with van der Waals surface area (Å²) in [4.78, 5) is 34.3. The molecule has 19 heavy (non-hydrogen) atoms. The first-order chi connectivity index (χ1) is 8.90. The van der Waals surface area contributed by atoms with Gasteiger partial charge in [0.25, 0.3) is 0 Å². The zero-order chi connectivity index (χ0) is 14.4. The fourth-order valence-electron chi connectivity index (χ4n) is 1.81. The fourth-order valence-corrected chi connectivity index (χ4v) is 1.81. The van der Waals surface area contributed by atoms with Gasteiger partial charge in [-0.2, -0.15) is 0 Å².